The van der Waals surface area contributed by atoms with Gasteiger partial charge in [0, 0.05) is 13.1 Å². The van der Waals surface area contributed by atoms with Crippen LogP contribution in [0.5, 0.6) is 0 Å². The first-order chi connectivity index (χ1) is 8.11. The molecular weight excluding hydrogens is 216 g/mol. The van der Waals surface area contributed by atoms with E-state index in [1.165, 1.54) is 13.0 Å². The summed E-state index contributed by atoms with van der Waals surface area (Å²) in [5, 5.41) is 0. The summed E-state index contributed by atoms with van der Waals surface area (Å²) in [5.41, 5.74) is 0. The van der Waals surface area contributed by atoms with Crippen LogP contribution in [-0.4, -0.2) is 62.7 Å². The highest BCUT2D eigenvalue weighted by atomic mass is 16.5. The van der Waals surface area contributed by atoms with Crippen molar-refractivity contribution in [3.63, 3.8) is 0 Å². The smallest absolute Gasteiger partial charge is 0.320 e. The molecule has 0 saturated carbocycles. The molecule has 1 aliphatic rings. The number of nitrogens with zero attached hydrogens (tertiary/aromatic N) is 2. The molecule has 0 amide bonds. The second kappa shape index (κ2) is 7.67. The summed E-state index contributed by atoms with van der Waals surface area (Å²) < 4.78 is 5.15. The van der Waals surface area contributed by atoms with Crippen molar-refractivity contribution in [2.45, 2.75) is 26.2 Å². The number of hydrogen-bond donors (Lipinski definition) is 0. The zero-order chi connectivity index (χ0) is 12.7. The van der Waals surface area contributed by atoms with E-state index in [0.29, 0.717) is 19.1 Å². The number of likely N-dealkylation sites (N-methyl/N-ethyl adjacent to an activating group) is 1. The van der Waals surface area contributed by atoms with Gasteiger partial charge in [-0.15, -0.1) is 0 Å². The van der Waals surface area contributed by atoms with Crippen molar-refractivity contribution in [1.82, 2.24) is 9.80 Å². The van der Waals surface area contributed by atoms with Gasteiger partial charge in [-0.3, -0.25) is 9.69 Å². The van der Waals surface area contributed by atoms with Gasteiger partial charge >= 0.3 is 5.97 Å². The van der Waals surface area contributed by atoms with Crippen LogP contribution in [0.1, 0.15) is 26.2 Å². The van der Waals surface area contributed by atoms with E-state index in [2.05, 4.69) is 23.8 Å². The molecule has 1 atom stereocenters. The number of ether oxygens (including phenoxy) is 1. The molecular formula is C13H26N2O2. The van der Waals surface area contributed by atoms with E-state index < -0.39 is 0 Å². The summed E-state index contributed by atoms with van der Waals surface area (Å²) in [4.78, 5) is 15.9. The van der Waals surface area contributed by atoms with Gasteiger partial charge in [-0.25, -0.2) is 0 Å². The quantitative estimate of drug-likeness (QED) is 0.496. The largest absolute Gasteiger partial charge is 0.465 e. The molecule has 4 heteroatoms. The normalized spacial score (nSPS) is 21.1. The zero-order valence-corrected chi connectivity index (χ0v) is 11.4. The Bertz CT molecular complexity index is 233. The number of carbonyl (C=O) groups is 1. The van der Waals surface area contributed by atoms with Gasteiger partial charge in [-0.05, 0) is 39.4 Å². The number of unbranched alkanes of at least 4 members (excludes halogenated alkanes) is 1. The van der Waals surface area contributed by atoms with Gasteiger partial charge in [-0.1, -0.05) is 13.3 Å². The van der Waals surface area contributed by atoms with Gasteiger partial charge < -0.3 is 9.64 Å². The van der Waals surface area contributed by atoms with Gasteiger partial charge in [0.05, 0.1) is 13.2 Å². The van der Waals surface area contributed by atoms with Crippen molar-refractivity contribution in [2.24, 2.45) is 5.92 Å². The lowest BCUT2D eigenvalue weighted by Gasteiger charge is -2.19. The molecule has 4 nitrogen and oxygen atoms in total. The Kier molecular flexibility index (Phi) is 6.52. The monoisotopic (exact) mass is 242 g/mol. The van der Waals surface area contributed by atoms with E-state index in [1.807, 2.05) is 7.05 Å². The Balaban J connectivity index is 2.11. The molecule has 1 heterocycles. The molecule has 1 rings (SSSR count). The minimum Gasteiger partial charge on any atom is -0.465 e. The van der Waals surface area contributed by atoms with E-state index >= 15 is 0 Å². The first-order valence-corrected chi connectivity index (χ1v) is 6.64. The third kappa shape index (κ3) is 6.03. The summed E-state index contributed by atoms with van der Waals surface area (Å²) in [5.74, 6) is 0.612. The Morgan fingerprint density at radius 1 is 1.53 bits per heavy atom. The summed E-state index contributed by atoms with van der Waals surface area (Å²) in [6.07, 6.45) is 3.27. The van der Waals surface area contributed by atoms with Crippen LogP contribution in [0.15, 0.2) is 0 Å². The highest BCUT2D eigenvalue weighted by Crippen LogP contribution is 2.14. The van der Waals surface area contributed by atoms with Crippen molar-refractivity contribution in [2.75, 3.05) is 46.9 Å². The SMILES string of the molecule is CCCCOC(=O)CN(C)CC1CCN(C)C1. The minimum atomic E-state index is -0.0905. The number of carbonyl (C=O) groups excluding carboxylic acids is 1. The van der Waals surface area contributed by atoms with Crippen LogP contribution < -0.4 is 0 Å². The third-order valence-electron chi connectivity index (χ3n) is 3.22. The first kappa shape index (κ1) is 14.5. The molecule has 0 aromatic carbocycles. The highest BCUT2D eigenvalue weighted by Gasteiger charge is 2.21. The molecule has 100 valence electrons. The predicted molar refractivity (Wildman–Crippen MR) is 69.0 cm³/mol. The maximum absolute atomic E-state index is 11.5. The molecule has 0 aliphatic carbocycles. The fourth-order valence-corrected chi connectivity index (χ4v) is 2.28. The van der Waals surface area contributed by atoms with Crippen LogP contribution in [-0.2, 0) is 9.53 Å². The van der Waals surface area contributed by atoms with E-state index in [9.17, 15) is 4.79 Å². The average molecular weight is 242 g/mol. The number of esters is 1. The lowest BCUT2D eigenvalue weighted by molar-refractivity contribution is -0.144. The molecule has 1 aliphatic heterocycles. The van der Waals surface area contributed by atoms with E-state index in [1.54, 1.807) is 0 Å². The minimum absolute atomic E-state index is 0.0905. The molecule has 17 heavy (non-hydrogen) atoms. The third-order valence-corrected chi connectivity index (χ3v) is 3.22. The van der Waals surface area contributed by atoms with Crippen LogP contribution in [0, 0.1) is 5.92 Å². The Morgan fingerprint density at radius 3 is 2.88 bits per heavy atom. The van der Waals surface area contributed by atoms with Crippen LogP contribution in [0.2, 0.25) is 0 Å². The maximum Gasteiger partial charge on any atom is 0.320 e. The number of rotatable bonds is 7. The van der Waals surface area contributed by atoms with Gasteiger partial charge in [0.15, 0.2) is 0 Å². The second-order valence-corrected chi connectivity index (χ2v) is 5.19. The summed E-state index contributed by atoms with van der Waals surface area (Å²) in [7, 11) is 4.15. The topological polar surface area (TPSA) is 32.8 Å². The summed E-state index contributed by atoms with van der Waals surface area (Å²) in [6.45, 7) is 6.40. The molecule has 0 N–H and O–H groups in total. The molecule has 0 bridgehead atoms. The average Bonchev–Trinajstić information content (AvgIpc) is 2.64. The maximum atomic E-state index is 11.5. The van der Waals surface area contributed by atoms with Gasteiger partial charge in [0.1, 0.15) is 0 Å². The van der Waals surface area contributed by atoms with Gasteiger partial charge in [0.25, 0.3) is 0 Å². The van der Waals surface area contributed by atoms with Crippen LogP contribution in [0.4, 0.5) is 0 Å². The Hall–Kier alpha value is -0.610. The van der Waals surface area contributed by atoms with Crippen LogP contribution >= 0.6 is 0 Å². The second-order valence-electron chi connectivity index (χ2n) is 5.19. The molecule has 0 spiro atoms. The van der Waals surface area contributed by atoms with Crippen molar-refractivity contribution in [3.05, 3.63) is 0 Å². The van der Waals surface area contributed by atoms with Crippen molar-refractivity contribution in [1.29, 1.82) is 0 Å². The summed E-state index contributed by atoms with van der Waals surface area (Å²) >= 11 is 0. The molecule has 1 saturated heterocycles. The predicted octanol–water partition coefficient (Wildman–Crippen LogP) is 1.21. The first-order valence-electron chi connectivity index (χ1n) is 6.64. The van der Waals surface area contributed by atoms with Crippen LogP contribution in [0.25, 0.3) is 0 Å². The summed E-state index contributed by atoms with van der Waals surface area (Å²) in [6, 6.07) is 0. The van der Waals surface area contributed by atoms with E-state index in [-0.39, 0.29) is 5.97 Å². The zero-order valence-electron chi connectivity index (χ0n) is 11.4. The fraction of sp³-hybridized carbons (Fsp3) is 0.923. The van der Waals surface area contributed by atoms with Gasteiger partial charge in [-0.2, -0.15) is 0 Å². The van der Waals surface area contributed by atoms with E-state index in [0.717, 1.165) is 25.9 Å². The van der Waals surface area contributed by atoms with Crippen molar-refractivity contribution >= 4 is 5.97 Å². The van der Waals surface area contributed by atoms with Crippen LogP contribution in [0.3, 0.4) is 0 Å². The molecule has 0 radical (unpaired) electrons. The molecule has 0 aromatic rings. The molecule has 1 unspecified atom stereocenters. The fourth-order valence-electron chi connectivity index (χ4n) is 2.28. The molecule has 0 aromatic heterocycles. The molecule has 1 fully saturated rings. The highest BCUT2D eigenvalue weighted by molar-refractivity contribution is 5.71. The van der Waals surface area contributed by atoms with Crippen molar-refractivity contribution in [3.8, 4) is 0 Å². The van der Waals surface area contributed by atoms with Crippen molar-refractivity contribution < 1.29 is 9.53 Å². The number of likely N-dealkylation sites (tertiary alicyclic amines) is 1. The Morgan fingerprint density at radius 2 is 2.29 bits per heavy atom. The van der Waals surface area contributed by atoms with E-state index in [4.69, 9.17) is 4.74 Å². The van der Waals surface area contributed by atoms with Gasteiger partial charge in [0.2, 0.25) is 0 Å². The Labute approximate surface area is 105 Å². The standard InChI is InChI=1S/C13H26N2O2/c1-4-5-8-17-13(16)11-15(3)10-12-6-7-14(2)9-12/h12H,4-11H2,1-3H3. The number of hydrogen-bond acceptors (Lipinski definition) is 4. The lowest BCUT2D eigenvalue weighted by atomic mass is 10.1. The lowest BCUT2D eigenvalue weighted by Crippen LogP contribution is -2.32.